The van der Waals surface area contributed by atoms with Gasteiger partial charge in [-0.05, 0) is 44.0 Å². The van der Waals surface area contributed by atoms with E-state index in [1.807, 2.05) is 0 Å². The predicted octanol–water partition coefficient (Wildman–Crippen LogP) is 1.50. The fourth-order valence-corrected chi connectivity index (χ4v) is 2.43. The molecule has 0 radical (unpaired) electrons. The van der Waals surface area contributed by atoms with E-state index < -0.39 is 15.4 Å². The minimum atomic E-state index is -3.20. The monoisotopic (exact) mass is 294 g/mol. The van der Waals surface area contributed by atoms with E-state index in [0.29, 0.717) is 11.8 Å². The Balaban J connectivity index is 1.98. The Kier molecular flexibility index (Phi) is 4.02. The fraction of sp³-hybridized carbons (Fsp3) is 0.500. The lowest BCUT2D eigenvalue weighted by atomic mass is 10.1. The van der Waals surface area contributed by atoms with Gasteiger partial charge in [-0.1, -0.05) is 0 Å². The maximum Gasteiger partial charge on any atom is 0.175 e. The molecule has 0 spiro atoms. The number of hydrogen-bond acceptors (Lipinski definition) is 5. The third-order valence-electron chi connectivity index (χ3n) is 3.13. The number of nitriles is 1. The van der Waals surface area contributed by atoms with Crippen LogP contribution in [0.5, 0.6) is 5.75 Å². The van der Waals surface area contributed by atoms with E-state index in [1.54, 1.807) is 19.1 Å². The van der Waals surface area contributed by atoms with Gasteiger partial charge in [-0.3, -0.25) is 5.32 Å². The molecule has 2 rings (SSSR count). The minimum absolute atomic E-state index is 0.220. The lowest BCUT2D eigenvalue weighted by molar-refractivity contribution is 0.232. The molecule has 5 nitrogen and oxygen atoms in total. The first-order chi connectivity index (χ1) is 9.32. The Labute approximate surface area is 119 Å². The summed E-state index contributed by atoms with van der Waals surface area (Å²) in [4.78, 5) is 0.254. The quantitative estimate of drug-likeness (QED) is 0.860. The highest BCUT2D eigenvalue weighted by atomic mass is 32.2. The molecule has 108 valence electrons. The normalized spacial score (nSPS) is 18.1. The van der Waals surface area contributed by atoms with Crippen LogP contribution in [-0.4, -0.2) is 32.9 Å². The van der Waals surface area contributed by atoms with Crippen LogP contribution in [-0.2, 0) is 9.84 Å². The molecule has 1 aromatic rings. The first-order valence-corrected chi connectivity index (χ1v) is 8.33. The zero-order chi connectivity index (χ0) is 14.8. The van der Waals surface area contributed by atoms with Crippen molar-refractivity contribution < 1.29 is 13.2 Å². The molecule has 0 saturated heterocycles. The highest BCUT2D eigenvalue weighted by molar-refractivity contribution is 7.90. The van der Waals surface area contributed by atoms with Crippen LogP contribution in [0.2, 0.25) is 0 Å². The first-order valence-electron chi connectivity index (χ1n) is 6.44. The first kappa shape index (κ1) is 14.8. The molecule has 1 unspecified atom stereocenters. The molecule has 0 amide bonds. The molecule has 1 N–H and O–H groups in total. The molecule has 0 aromatic heterocycles. The molecule has 1 aromatic carbocycles. The fourth-order valence-electron chi connectivity index (χ4n) is 1.80. The lowest BCUT2D eigenvalue weighted by Crippen LogP contribution is -2.47. The Morgan fingerprint density at radius 2 is 2.00 bits per heavy atom. The van der Waals surface area contributed by atoms with Crippen LogP contribution < -0.4 is 10.1 Å². The largest absolute Gasteiger partial charge is 0.491 e. The number of rotatable bonds is 6. The van der Waals surface area contributed by atoms with Crippen LogP contribution >= 0.6 is 0 Å². The van der Waals surface area contributed by atoms with E-state index in [-0.39, 0.29) is 11.5 Å². The van der Waals surface area contributed by atoms with E-state index in [0.717, 1.165) is 19.1 Å². The predicted molar refractivity (Wildman–Crippen MR) is 75.2 cm³/mol. The summed E-state index contributed by atoms with van der Waals surface area (Å²) in [5.74, 6) is 0.552. The average molecular weight is 294 g/mol. The smallest absolute Gasteiger partial charge is 0.175 e. The van der Waals surface area contributed by atoms with Gasteiger partial charge in [-0.15, -0.1) is 0 Å². The molecule has 1 aliphatic carbocycles. The molecular weight excluding hydrogens is 276 g/mol. The summed E-state index contributed by atoms with van der Waals surface area (Å²) in [7, 11) is -3.20. The van der Waals surface area contributed by atoms with Crippen molar-refractivity contribution in [3.8, 4) is 11.8 Å². The highest BCUT2D eigenvalue weighted by Crippen LogP contribution is 2.23. The van der Waals surface area contributed by atoms with Gasteiger partial charge in [0.05, 0.1) is 11.0 Å². The molecule has 0 heterocycles. The molecule has 0 aliphatic heterocycles. The zero-order valence-electron chi connectivity index (χ0n) is 11.6. The second-order valence-electron chi connectivity index (χ2n) is 5.39. The summed E-state index contributed by atoms with van der Waals surface area (Å²) >= 11 is 0. The van der Waals surface area contributed by atoms with Crippen molar-refractivity contribution in [1.82, 2.24) is 5.32 Å². The minimum Gasteiger partial charge on any atom is -0.491 e. The van der Waals surface area contributed by atoms with Gasteiger partial charge in [0.25, 0.3) is 0 Å². The highest BCUT2D eigenvalue weighted by Gasteiger charge is 2.33. The van der Waals surface area contributed by atoms with Crippen molar-refractivity contribution in [2.45, 2.75) is 36.2 Å². The standard InChI is InChI=1S/C14H18N2O3S/c1-14(9-15,16-11-3-4-11)10-19-12-5-7-13(8-6-12)20(2,17)18/h5-8,11,16H,3-4,10H2,1-2H3. The van der Waals surface area contributed by atoms with Crippen LogP contribution in [0.4, 0.5) is 0 Å². The zero-order valence-corrected chi connectivity index (χ0v) is 12.4. The third-order valence-corrected chi connectivity index (χ3v) is 4.25. The van der Waals surface area contributed by atoms with Crippen LogP contribution in [0.1, 0.15) is 19.8 Å². The lowest BCUT2D eigenvalue weighted by Gasteiger charge is -2.23. The summed E-state index contributed by atoms with van der Waals surface area (Å²) < 4.78 is 28.3. The summed E-state index contributed by atoms with van der Waals surface area (Å²) in [5, 5.41) is 12.5. The Bertz CT molecular complexity index is 615. The molecule has 20 heavy (non-hydrogen) atoms. The van der Waals surface area contributed by atoms with E-state index >= 15 is 0 Å². The van der Waals surface area contributed by atoms with Gasteiger partial charge in [0.1, 0.15) is 17.9 Å². The van der Waals surface area contributed by atoms with Crippen molar-refractivity contribution in [2.24, 2.45) is 0 Å². The molecule has 1 fully saturated rings. The van der Waals surface area contributed by atoms with Crippen molar-refractivity contribution in [1.29, 1.82) is 5.26 Å². The van der Waals surface area contributed by atoms with E-state index in [9.17, 15) is 13.7 Å². The number of sulfone groups is 1. The Morgan fingerprint density at radius 3 is 2.45 bits per heavy atom. The molecule has 0 bridgehead atoms. The van der Waals surface area contributed by atoms with E-state index in [1.165, 1.54) is 12.1 Å². The SMILES string of the molecule is CC(C#N)(COc1ccc(S(C)(=O)=O)cc1)NC1CC1. The van der Waals surface area contributed by atoms with Gasteiger partial charge >= 0.3 is 0 Å². The molecule has 6 heteroatoms. The maximum atomic E-state index is 11.3. The topological polar surface area (TPSA) is 79.2 Å². The molecule has 1 atom stereocenters. The van der Waals surface area contributed by atoms with E-state index in [4.69, 9.17) is 4.74 Å². The Hall–Kier alpha value is -1.58. The van der Waals surface area contributed by atoms with Crippen LogP contribution in [0, 0.1) is 11.3 Å². The van der Waals surface area contributed by atoms with Gasteiger partial charge in [-0.25, -0.2) is 8.42 Å². The number of benzene rings is 1. The number of nitrogens with one attached hydrogen (secondary N) is 1. The summed E-state index contributed by atoms with van der Waals surface area (Å²) in [6.07, 6.45) is 3.36. The number of ether oxygens (including phenoxy) is 1. The number of hydrogen-bond donors (Lipinski definition) is 1. The number of nitrogens with zero attached hydrogens (tertiary/aromatic N) is 1. The van der Waals surface area contributed by atoms with Gasteiger partial charge in [0, 0.05) is 12.3 Å². The Morgan fingerprint density at radius 1 is 1.40 bits per heavy atom. The second-order valence-corrected chi connectivity index (χ2v) is 7.41. The van der Waals surface area contributed by atoms with Crippen molar-refractivity contribution >= 4 is 9.84 Å². The van der Waals surface area contributed by atoms with Crippen LogP contribution in [0.25, 0.3) is 0 Å². The molecule has 1 aliphatic rings. The summed E-state index contributed by atoms with van der Waals surface area (Å²) in [6.45, 7) is 2.02. The van der Waals surface area contributed by atoms with Crippen molar-refractivity contribution in [3.63, 3.8) is 0 Å². The van der Waals surface area contributed by atoms with Gasteiger partial charge in [-0.2, -0.15) is 5.26 Å². The van der Waals surface area contributed by atoms with Crippen LogP contribution in [0.15, 0.2) is 29.2 Å². The van der Waals surface area contributed by atoms with Gasteiger partial charge in [0.15, 0.2) is 9.84 Å². The van der Waals surface area contributed by atoms with E-state index in [2.05, 4.69) is 11.4 Å². The molecule has 1 saturated carbocycles. The summed E-state index contributed by atoms with van der Waals surface area (Å²) in [6, 6.07) is 8.85. The van der Waals surface area contributed by atoms with Gasteiger partial charge < -0.3 is 4.74 Å². The van der Waals surface area contributed by atoms with Crippen molar-refractivity contribution in [2.75, 3.05) is 12.9 Å². The molecular formula is C14H18N2O3S. The third kappa shape index (κ3) is 3.95. The van der Waals surface area contributed by atoms with Crippen LogP contribution in [0.3, 0.4) is 0 Å². The summed E-state index contributed by atoms with van der Waals surface area (Å²) in [5.41, 5.74) is -0.726. The maximum absolute atomic E-state index is 11.3. The van der Waals surface area contributed by atoms with Crippen molar-refractivity contribution in [3.05, 3.63) is 24.3 Å². The average Bonchev–Trinajstić information content (AvgIpc) is 3.20. The van der Waals surface area contributed by atoms with Gasteiger partial charge in [0.2, 0.25) is 0 Å². The second kappa shape index (κ2) is 5.43.